The van der Waals surface area contributed by atoms with Gasteiger partial charge < -0.3 is 15.1 Å². The van der Waals surface area contributed by atoms with E-state index in [2.05, 4.69) is 34.3 Å². The lowest BCUT2D eigenvalue weighted by Crippen LogP contribution is -2.56. The van der Waals surface area contributed by atoms with Crippen LogP contribution in [0, 0.1) is 22.7 Å². The first-order valence-electron chi connectivity index (χ1n) is 9.66. The van der Waals surface area contributed by atoms with Crippen LogP contribution in [0.3, 0.4) is 0 Å². The molecule has 0 radical (unpaired) electrons. The molecule has 0 spiro atoms. The molecule has 1 aromatic rings. The maximum absolute atomic E-state index is 12.5. The van der Waals surface area contributed by atoms with Crippen LogP contribution in [0.5, 0.6) is 0 Å². The fourth-order valence-electron chi connectivity index (χ4n) is 4.02. The third kappa shape index (κ3) is 4.20. The number of carbonyl (C=O) groups excluding carboxylic acids is 1. The Morgan fingerprint density at radius 1 is 1.33 bits per heavy atom. The van der Waals surface area contributed by atoms with Gasteiger partial charge in [0.15, 0.2) is 0 Å². The Balaban J connectivity index is 1.55. The molecule has 1 N–H and O–H groups in total. The van der Waals surface area contributed by atoms with Crippen LogP contribution >= 0.6 is 0 Å². The van der Waals surface area contributed by atoms with E-state index in [1.165, 1.54) is 0 Å². The van der Waals surface area contributed by atoms with Crippen LogP contribution in [0.25, 0.3) is 0 Å². The molecule has 0 aliphatic carbocycles. The molecule has 0 saturated carbocycles. The van der Waals surface area contributed by atoms with Gasteiger partial charge >= 0.3 is 0 Å². The van der Waals surface area contributed by atoms with Crippen molar-refractivity contribution in [2.24, 2.45) is 0 Å². The molecular formula is C20H26N6O. The number of carbonyl (C=O) groups is 1. The zero-order valence-corrected chi connectivity index (χ0v) is 15.8. The minimum atomic E-state index is -0.263. The lowest BCUT2D eigenvalue weighted by molar-refractivity contribution is -0.130. The molecule has 1 unspecified atom stereocenters. The van der Waals surface area contributed by atoms with Crippen LogP contribution in [-0.2, 0) is 4.79 Å². The van der Waals surface area contributed by atoms with E-state index in [0.29, 0.717) is 18.7 Å². The molecule has 7 heteroatoms. The van der Waals surface area contributed by atoms with Crippen molar-refractivity contribution in [1.29, 1.82) is 10.5 Å². The van der Waals surface area contributed by atoms with Gasteiger partial charge in [0.1, 0.15) is 17.9 Å². The molecule has 1 amide bonds. The Morgan fingerprint density at radius 2 is 2.11 bits per heavy atom. The Bertz CT molecular complexity index is 739. The average Bonchev–Trinajstić information content (AvgIpc) is 3.21. The van der Waals surface area contributed by atoms with Gasteiger partial charge in [-0.2, -0.15) is 10.5 Å². The van der Waals surface area contributed by atoms with E-state index in [1.54, 1.807) is 17.2 Å². The number of nitrogens with zero attached hydrogens (tertiary/aromatic N) is 5. The molecule has 0 aromatic carbocycles. The number of nitriles is 2. The number of nitrogens with one attached hydrogen (secondary N) is 1. The van der Waals surface area contributed by atoms with Crippen molar-refractivity contribution in [3.8, 4) is 12.1 Å². The van der Waals surface area contributed by atoms with Gasteiger partial charge in [0.2, 0.25) is 5.91 Å². The summed E-state index contributed by atoms with van der Waals surface area (Å²) in [7, 11) is 0. The number of aromatic nitrogens is 1. The number of amides is 1. The smallest absolute Gasteiger partial charge is 0.237 e. The molecule has 2 fully saturated rings. The number of hydrogen-bond donors (Lipinski definition) is 1. The van der Waals surface area contributed by atoms with E-state index in [4.69, 9.17) is 5.26 Å². The van der Waals surface area contributed by atoms with Gasteiger partial charge in [0, 0.05) is 31.4 Å². The summed E-state index contributed by atoms with van der Waals surface area (Å²) in [6.07, 6.45) is 6.12. The van der Waals surface area contributed by atoms with Gasteiger partial charge in [-0.05, 0) is 44.2 Å². The van der Waals surface area contributed by atoms with Gasteiger partial charge in [0.25, 0.3) is 0 Å². The Labute approximate surface area is 160 Å². The normalized spacial score (nSPS) is 21.5. The fraction of sp³-hybridized carbons (Fsp3) is 0.600. The minimum absolute atomic E-state index is 0.0306. The first kappa shape index (κ1) is 19.1. The lowest BCUT2D eigenvalue weighted by Gasteiger charge is -2.42. The number of pyridine rings is 1. The largest absolute Gasteiger partial charge is 0.356 e. The first-order valence-corrected chi connectivity index (χ1v) is 9.66. The molecule has 1 aromatic heterocycles. The van der Waals surface area contributed by atoms with E-state index in [0.717, 1.165) is 51.0 Å². The molecule has 2 aliphatic rings. The Hall–Kier alpha value is -2.64. The van der Waals surface area contributed by atoms with Crippen LogP contribution in [0.4, 0.5) is 5.82 Å². The molecule has 7 nitrogen and oxygen atoms in total. The third-order valence-electron chi connectivity index (χ3n) is 5.94. The van der Waals surface area contributed by atoms with Crippen molar-refractivity contribution in [2.45, 2.75) is 50.6 Å². The molecule has 142 valence electrons. The van der Waals surface area contributed by atoms with Crippen LogP contribution in [0.1, 0.15) is 44.6 Å². The number of rotatable bonds is 5. The van der Waals surface area contributed by atoms with Crippen molar-refractivity contribution >= 4 is 11.7 Å². The fourth-order valence-corrected chi connectivity index (χ4v) is 4.02. The SMILES string of the molecule is CCC1(NCC(=O)N2CCCC2C#N)CCN(c2ccc(C#N)cn2)CC1. The van der Waals surface area contributed by atoms with Crippen LogP contribution < -0.4 is 10.2 Å². The summed E-state index contributed by atoms with van der Waals surface area (Å²) in [4.78, 5) is 20.9. The van der Waals surface area contributed by atoms with Gasteiger partial charge in [-0.15, -0.1) is 0 Å². The Morgan fingerprint density at radius 3 is 2.70 bits per heavy atom. The number of likely N-dealkylation sites (tertiary alicyclic amines) is 1. The van der Waals surface area contributed by atoms with E-state index in [1.807, 2.05) is 6.07 Å². The van der Waals surface area contributed by atoms with E-state index in [9.17, 15) is 10.1 Å². The lowest BCUT2D eigenvalue weighted by atomic mass is 9.85. The highest BCUT2D eigenvalue weighted by Gasteiger charge is 2.35. The summed E-state index contributed by atoms with van der Waals surface area (Å²) in [6, 6.07) is 7.75. The average molecular weight is 366 g/mol. The molecule has 0 bridgehead atoms. The second kappa shape index (κ2) is 8.37. The zero-order valence-electron chi connectivity index (χ0n) is 15.8. The van der Waals surface area contributed by atoms with Crippen LogP contribution in [0.15, 0.2) is 18.3 Å². The summed E-state index contributed by atoms with van der Waals surface area (Å²) in [5.41, 5.74) is 0.511. The van der Waals surface area contributed by atoms with Gasteiger partial charge in [-0.25, -0.2) is 4.98 Å². The maximum atomic E-state index is 12.5. The summed E-state index contributed by atoms with van der Waals surface area (Å²) in [5, 5.41) is 21.6. The molecule has 3 heterocycles. The summed E-state index contributed by atoms with van der Waals surface area (Å²) >= 11 is 0. The summed E-state index contributed by atoms with van der Waals surface area (Å²) in [6.45, 7) is 4.86. The number of hydrogen-bond acceptors (Lipinski definition) is 6. The number of anilines is 1. The first-order chi connectivity index (χ1) is 13.1. The molecule has 27 heavy (non-hydrogen) atoms. The van der Waals surface area contributed by atoms with Gasteiger partial charge in [0.05, 0.1) is 18.2 Å². The molecule has 2 saturated heterocycles. The van der Waals surface area contributed by atoms with E-state index in [-0.39, 0.29) is 17.5 Å². The van der Waals surface area contributed by atoms with E-state index < -0.39 is 0 Å². The van der Waals surface area contributed by atoms with Gasteiger partial charge in [-0.1, -0.05) is 6.92 Å². The topological polar surface area (TPSA) is 96.0 Å². The number of piperidine rings is 1. The second-order valence-electron chi connectivity index (χ2n) is 7.37. The predicted molar refractivity (Wildman–Crippen MR) is 102 cm³/mol. The van der Waals surface area contributed by atoms with Gasteiger partial charge in [-0.3, -0.25) is 4.79 Å². The zero-order chi connectivity index (χ0) is 19.3. The molecular weight excluding hydrogens is 340 g/mol. The highest BCUT2D eigenvalue weighted by Crippen LogP contribution is 2.28. The van der Waals surface area contributed by atoms with E-state index >= 15 is 0 Å². The third-order valence-corrected chi connectivity index (χ3v) is 5.94. The molecule has 1 atom stereocenters. The Kier molecular flexibility index (Phi) is 5.93. The minimum Gasteiger partial charge on any atom is -0.356 e. The summed E-state index contributed by atoms with van der Waals surface area (Å²) in [5.74, 6) is 0.923. The van der Waals surface area contributed by atoms with Crippen molar-refractivity contribution in [3.05, 3.63) is 23.9 Å². The molecule has 3 rings (SSSR count). The monoisotopic (exact) mass is 366 g/mol. The highest BCUT2D eigenvalue weighted by atomic mass is 16.2. The van der Waals surface area contributed by atoms with Crippen molar-refractivity contribution < 1.29 is 4.79 Å². The molecule has 2 aliphatic heterocycles. The van der Waals surface area contributed by atoms with Crippen molar-refractivity contribution in [1.82, 2.24) is 15.2 Å². The standard InChI is InChI=1S/C20H26N6O/c1-2-20(24-15-19(27)26-9-3-4-17(26)13-22)7-10-25(11-8-20)18-6-5-16(12-21)14-23-18/h5-6,14,17,24H,2-4,7-11,15H2,1H3. The van der Waals surface area contributed by atoms with Crippen molar-refractivity contribution in [3.63, 3.8) is 0 Å². The quantitative estimate of drug-likeness (QED) is 0.854. The second-order valence-corrected chi connectivity index (χ2v) is 7.37. The van der Waals surface area contributed by atoms with Crippen LogP contribution in [0.2, 0.25) is 0 Å². The maximum Gasteiger partial charge on any atom is 0.237 e. The van der Waals surface area contributed by atoms with Crippen molar-refractivity contribution in [2.75, 3.05) is 31.1 Å². The highest BCUT2D eigenvalue weighted by molar-refractivity contribution is 5.79. The summed E-state index contributed by atoms with van der Waals surface area (Å²) < 4.78 is 0. The predicted octanol–water partition coefficient (Wildman–Crippen LogP) is 1.81. The van der Waals surface area contributed by atoms with Crippen LogP contribution in [-0.4, -0.2) is 53.6 Å².